The fraction of sp³-hybridized carbons (Fsp3) is 0.250. The van der Waals surface area contributed by atoms with Crippen LogP contribution in [0.5, 0.6) is 0 Å². The lowest BCUT2D eigenvalue weighted by molar-refractivity contribution is 0.297. The molecule has 2 rings (SSSR count). The summed E-state index contributed by atoms with van der Waals surface area (Å²) in [5, 5.41) is 0. The van der Waals surface area contributed by atoms with Gasteiger partial charge < -0.3 is 10.6 Å². The van der Waals surface area contributed by atoms with Gasteiger partial charge in [0, 0.05) is 30.3 Å². The Hall–Kier alpha value is -1.85. The Morgan fingerprint density at radius 3 is 2.38 bits per heavy atom. The van der Waals surface area contributed by atoms with Gasteiger partial charge in [0.15, 0.2) is 11.6 Å². The summed E-state index contributed by atoms with van der Waals surface area (Å²) in [5.41, 5.74) is 6.57. The lowest BCUT2D eigenvalue weighted by Gasteiger charge is -2.22. The zero-order valence-electron chi connectivity index (χ0n) is 11.7. The van der Waals surface area contributed by atoms with E-state index in [4.69, 9.17) is 5.73 Å². The number of hydrogen-bond acceptors (Lipinski definition) is 2. The van der Waals surface area contributed by atoms with Crippen LogP contribution in [-0.2, 0) is 6.54 Å². The molecule has 0 aliphatic heterocycles. The second-order valence-corrected chi connectivity index (χ2v) is 5.04. The SMILES string of the molecule is CN(Cc1ccccc1F)CC(N)c1cccc(F)c1F. The maximum atomic E-state index is 13.7. The second-order valence-electron chi connectivity index (χ2n) is 5.04. The lowest BCUT2D eigenvalue weighted by Crippen LogP contribution is -2.29. The summed E-state index contributed by atoms with van der Waals surface area (Å²) < 4.78 is 40.4. The van der Waals surface area contributed by atoms with Crippen molar-refractivity contribution in [3.63, 3.8) is 0 Å². The minimum absolute atomic E-state index is 0.121. The molecular weight excluding hydrogens is 277 g/mol. The predicted octanol–water partition coefficient (Wildman–Crippen LogP) is 3.24. The molecule has 0 amide bonds. The van der Waals surface area contributed by atoms with Gasteiger partial charge in [-0.2, -0.15) is 0 Å². The summed E-state index contributed by atoms with van der Waals surface area (Å²) >= 11 is 0. The highest BCUT2D eigenvalue weighted by Crippen LogP contribution is 2.19. The van der Waals surface area contributed by atoms with E-state index < -0.39 is 17.7 Å². The van der Waals surface area contributed by atoms with Crippen molar-refractivity contribution in [1.29, 1.82) is 0 Å². The fourth-order valence-electron chi connectivity index (χ4n) is 2.22. The van der Waals surface area contributed by atoms with Crippen LogP contribution < -0.4 is 5.73 Å². The van der Waals surface area contributed by atoms with Crippen LogP contribution in [0.1, 0.15) is 17.2 Å². The predicted molar refractivity (Wildman–Crippen MR) is 76.0 cm³/mol. The summed E-state index contributed by atoms with van der Waals surface area (Å²) in [6, 6.07) is 9.68. The molecule has 0 fully saturated rings. The monoisotopic (exact) mass is 294 g/mol. The molecule has 2 nitrogen and oxygen atoms in total. The molecule has 0 spiro atoms. The molecule has 0 heterocycles. The highest BCUT2D eigenvalue weighted by Gasteiger charge is 2.16. The van der Waals surface area contributed by atoms with Gasteiger partial charge in [0.2, 0.25) is 0 Å². The standard InChI is InChI=1S/C16H17F3N2/c1-21(9-11-5-2-3-7-13(11)17)10-15(20)12-6-4-8-14(18)16(12)19/h2-8,15H,9-10,20H2,1H3. The third-order valence-corrected chi connectivity index (χ3v) is 3.29. The van der Waals surface area contributed by atoms with Crippen molar-refractivity contribution in [3.05, 3.63) is 71.0 Å². The Balaban J connectivity index is 2.04. The molecule has 0 saturated carbocycles. The number of nitrogens with two attached hydrogens (primary N) is 1. The lowest BCUT2D eigenvalue weighted by atomic mass is 10.1. The van der Waals surface area contributed by atoms with E-state index in [0.29, 0.717) is 12.1 Å². The molecule has 21 heavy (non-hydrogen) atoms. The molecule has 0 bridgehead atoms. The first-order valence-corrected chi connectivity index (χ1v) is 6.60. The first kappa shape index (κ1) is 15.5. The van der Waals surface area contributed by atoms with Gasteiger partial charge >= 0.3 is 0 Å². The fourth-order valence-corrected chi connectivity index (χ4v) is 2.22. The van der Waals surface area contributed by atoms with Gasteiger partial charge in [0.25, 0.3) is 0 Å². The summed E-state index contributed by atoms with van der Waals surface area (Å²) in [4.78, 5) is 1.77. The van der Waals surface area contributed by atoms with E-state index in [1.807, 2.05) is 0 Å². The van der Waals surface area contributed by atoms with Crippen LogP contribution >= 0.6 is 0 Å². The van der Waals surface area contributed by atoms with Gasteiger partial charge in [-0.1, -0.05) is 30.3 Å². The highest BCUT2D eigenvalue weighted by atomic mass is 19.2. The van der Waals surface area contributed by atoms with Crippen molar-refractivity contribution >= 4 is 0 Å². The molecule has 2 aromatic rings. The van der Waals surface area contributed by atoms with Gasteiger partial charge in [-0.05, 0) is 19.2 Å². The van der Waals surface area contributed by atoms with E-state index in [-0.39, 0.29) is 17.9 Å². The van der Waals surface area contributed by atoms with E-state index in [2.05, 4.69) is 0 Å². The van der Waals surface area contributed by atoms with Gasteiger partial charge in [-0.25, -0.2) is 13.2 Å². The van der Waals surface area contributed by atoms with Crippen LogP contribution in [0.4, 0.5) is 13.2 Å². The smallest absolute Gasteiger partial charge is 0.163 e. The van der Waals surface area contributed by atoms with Crippen molar-refractivity contribution in [2.24, 2.45) is 5.73 Å². The number of nitrogens with zero attached hydrogens (tertiary/aromatic N) is 1. The van der Waals surface area contributed by atoms with Crippen LogP contribution in [-0.4, -0.2) is 18.5 Å². The minimum atomic E-state index is -0.927. The van der Waals surface area contributed by atoms with Gasteiger partial charge in [0.1, 0.15) is 5.82 Å². The zero-order chi connectivity index (χ0) is 15.4. The molecule has 0 saturated heterocycles. The van der Waals surface area contributed by atoms with Crippen molar-refractivity contribution in [2.75, 3.05) is 13.6 Å². The minimum Gasteiger partial charge on any atom is -0.323 e. The summed E-state index contributed by atoms with van der Waals surface area (Å²) in [5.74, 6) is -2.14. The largest absolute Gasteiger partial charge is 0.323 e. The summed E-state index contributed by atoms with van der Waals surface area (Å²) in [7, 11) is 1.75. The van der Waals surface area contributed by atoms with Gasteiger partial charge in [-0.15, -0.1) is 0 Å². The van der Waals surface area contributed by atoms with Crippen LogP contribution in [0.15, 0.2) is 42.5 Å². The Morgan fingerprint density at radius 2 is 1.67 bits per heavy atom. The Bertz CT molecular complexity index is 616. The quantitative estimate of drug-likeness (QED) is 0.917. The topological polar surface area (TPSA) is 29.3 Å². The van der Waals surface area contributed by atoms with Crippen molar-refractivity contribution < 1.29 is 13.2 Å². The maximum Gasteiger partial charge on any atom is 0.163 e. The Morgan fingerprint density at radius 1 is 1.00 bits per heavy atom. The number of halogens is 3. The Labute approximate surface area is 122 Å². The number of likely N-dealkylation sites (N-methyl/N-ethyl adjacent to an activating group) is 1. The molecule has 112 valence electrons. The van der Waals surface area contributed by atoms with Crippen LogP contribution in [0.2, 0.25) is 0 Å². The molecule has 2 N–H and O–H groups in total. The molecular formula is C16H17F3N2. The number of benzene rings is 2. The van der Waals surface area contributed by atoms with E-state index in [9.17, 15) is 13.2 Å². The summed E-state index contributed by atoms with van der Waals surface area (Å²) in [6.45, 7) is 0.631. The van der Waals surface area contributed by atoms with Crippen molar-refractivity contribution in [2.45, 2.75) is 12.6 Å². The third kappa shape index (κ3) is 3.83. The average Bonchev–Trinajstić information content (AvgIpc) is 2.44. The normalized spacial score (nSPS) is 12.7. The van der Waals surface area contributed by atoms with E-state index in [1.54, 1.807) is 30.1 Å². The first-order chi connectivity index (χ1) is 9.99. The van der Waals surface area contributed by atoms with Crippen molar-refractivity contribution in [3.8, 4) is 0 Å². The van der Waals surface area contributed by atoms with E-state index in [0.717, 1.165) is 6.07 Å². The highest BCUT2D eigenvalue weighted by molar-refractivity contribution is 5.23. The van der Waals surface area contributed by atoms with Crippen molar-refractivity contribution in [1.82, 2.24) is 4.90 Å². The van der Waals surface area contributed by atoms with E-state index >= 15 is 0 Å². The maximum absolute atomic E-state index is 13.7. The molecule has 1 atom stereocenters. The second kappa shape index (κ2) is 6.74. The summed E-state index contributed by atoms with van der Waals surface area (Å²) in [6.07, 6.45) is 0. The molecule has 0 radical (unpaired) electrons. The average molecular weight is 294 g/mol. The molecule has 0 aliphatic rings. The molecule has 0 aromatic heterocycles. The Kier molecular flexibility index (Phi) is 4.98. The van der Waals surface area contributed by atoms with E-state index in [1.165, 1.54) is 18.2 Å². The molecule has 1 unspecified atom stereocenters. The molecule has 2 aromatic carbocycles. The van der Waals surface area contributed by atoms with Gasteiger partial charge in [0.05, 0.1) is 0 Å². The molecule has 0 aliphatic carbocycles. The third-order valence-electron chi connectivity index (χ3n) is 3.29. The van der Waals surface area contributed by atoms with Crippen LogP contribution in [0.25, 0.3) is 0 Å². The zero-order valence-corrected chi connectivity index (χ0v) is 11.7. The van der Waals surface area contributed by atoms with Crippen LogP contribution in [0.3, 0.4) is 0 Å². The number of rotatable bonds is 5. The van der Waals surface area contributed by atoms with Gasteiger partial charge in [-0.3, -0.25) is 0 Å². The molecule has 5 heteroatoms. The van der Waals surface area contributed by atoms with Crippen LogP contribution in [0, 0.1) is 17.5 Å². The number of hydrogen-bond donors (Lipinski definition) is 1. The first-order valence-electron chi connectivity index (χ1n) is 6.60.